The molecule has 0 unspecified atom stereocenters. The third-order valence-corrected chi connectivity index (χ3v) is 9.29. The van der Waals surface area contributed by atoms with Gasteiger partial charge < -0.3 is 9.47 Å². The summed E-state index contributed by atoms with van der Waals surface area (Å²) in [4.78, 5) is 0. The molecule has 222 valence electrons. The largest absolute Gasteiger partial charge is 0.457 e. The van der Waals surface area contributed by atoms with E-state index in [0.29, 0.717) is 0 Å². The fourth-order valence-electron chi connectivity index (χ4n) is 6.86. The van der Waals surface area contributed by atoms with Crippen LogP contribution < -0.4 is 9.47 Å². The standard InChI is InChI=1S/C45H30O2/c1-3-7-30(8-4-1)32-11-15-34(16-12-32)36-19-23-40-38(27-36)21-25-42-44(40)45-41-24-20-37(28-39(41)22-26-43(45)47-29-46-42)35-17-13-33(14-18-35)31-9-5-2-6-10-31/h1-28H,29H2. The zero-order valence-corrected chi connectivity index (χ0v) is 25.7. The lowest BCUT2D eigenvalue weighted by molar-refractivity contribution is 0.125. The Morgan fingerprint density at radius 1 is 0.298 bits per heavy atom. The van der Waals surface area contributed by atoms with Crippen molar-refractivity contribution in [2.75, 3.05) is 6.79 Å². The van der Waals surface area contributed by atoms with Gasteiger partial charge in [0.25, 0.3) is 0 Å². The molecule has 0 amide bonds. The van der Waals surface area contributed by atoms with Gasteiger partial charge in [0.1, 0.15) is 11.5 Å². The monoisotopic (exact) mass is 602 g/mol. The fraction of sp³-hybridized carbons (Fsp3) is 0.0222. The Morgan fingerprint density at radius 3 is 1.04 bits per heavy atom. The highest BCUT2D eigenvalue weighted by atomic mass is 16.7. The quantitative estimate of drug-likeness (QED) is 0.199. The Kier molecular flexibility index (Phi) is 6.57. The van der Waals surface area contributed by atoms with Gasteiger partial charge >= 0.3 is 0 Å². The number of rotatable bonds is 4. The molecule has 2 heteroatoms. The lowest BCUT2D eigenvalue weighted by atomic mass is 9.90. The summed E-state index contributed by atoms with van der Waals surface area (Å²) in [5.41, 5.74) is 11.8. The molecule has 8 aromatic rings. The highest BCUT2D eigenvalue weighted by Crippen LogP contribution is 2.48. The average molecular weight is 603 g/mol. The van der Waals surface area contributed by atoms with Gasteiger partial charge in [-0.3, -0.25) is 0 Å². The lowest BCUT2D eigenvalue weighted by Gasteiger charge is -2.15. The summed E-state index contributed by atoms with van der Waals surface area (Å²) < 4.78 is 12.4. The molecule has 0 radical (unpaired) electrons. The normalized spacial score (nSPS) is 12.1. The van der Waals surface area contributed by atoms with E-state index in [4.69, 9.17) is 9.47 Å². The summed E-state index contributed by atoms with van der Waals surface area (Å²) >= 11 is 0. The average Bonchev–Trinajstić information content (AvgIpc) is 3.35. The molecule has 9 rings (SSSR count). The van der Waals surface area contributed by atoms with Gasteiger partial charge in [-0.1, -0.05) is 146 Å². The zero-order chi connectivity index (χ0) is 31.2. The Hall–Kier alpha value is -6.12. The van der Waals surface area contributed by atoms with Crippen molar-refractivity contribution in [1.29, 1.82) is 0 Å². The van der Waals surface area contributed by atoms with E-state index < -0.39 is 0 Å². The Labute approximate surface area is 274 Å². The van der Waals surface area contributed by atoms with Crippen molar-refractivity contribution in [2.24, 2.45) is 0 Å². The van der Waals surface area contributed by atoms with Crippen LogP contribution in [0.4, 0.5) is 0 Å². The highest BCUT2D eigenvalue weighted by molar-refractivity contribution is 6.11. The van der Waals surface area contributed by atoms with Crippen LogP contribution in [0.5, 0.6) is 11.5 Å². The zero-order valence-electron chi connectivity index (χ0n) is 25.7. The summed E-state index contributed by atoms with van der Waals surface area (Å²) in [6.45, 7) is 0.175. The summed E-state index contributed by atoms with van der Waals surface area (Å²) in [5.74, 6) is 1.67. The van der Waals surface area contributed by atoms with Crippen LogP contribution >= 0.6 is 0 Å². The van der Waals surface area contributed by atoms with Gasteiger partial charge in [0.2, 0.25) is 6.79 Å². The molecule has 1 aliphatic heterocycles. The van der Waals surface area contributed by atoms with Crippen LogP contribution in [-0.4, -0.2) is 6.79 Å². The van der Waals surface area contributed by atoms with Gasteiger partial charge in [-0.15, -0.1) is 0 Å². The van der Waals surface area contributed by atoms with E-state index in [1.54, 1.807) is 0 Å². The molecule has 0 saturated carbocycles. The van der Waals surface area contributed by atoms with E-state index in [-0.39, 0.29) is 6.79 Å². The van der Waals surface area contributed by atoms with Crippen LogP contribution in [0.15, 0.2) is 170 Å². The molecule has 0 saturated heterocycles. The van der Waals surface area contributed by atoms with Gasteiger partial charge in [0.05, 0.1) is 0 Å². The number of hydrogen-bond donors (Lipinski definition) is 0. The maximum absolute atomic E-state index is 6.18. The van der Waals surface area contributed by atoms with Gasteiger partial charge in [0, 0.05) is 11.1 Å². The Balaban J connectivity index is 1.11. The first-order valence-electron chi connectivity index (χ1n) is 16.0. The predicted octanol–water partition coefficient (Wildman–Crippen LogP) is 12.1. The maximum atomic E-state index is 6.18. The molecule has 0 bridgehead atoms. The molecule has 0 N–H and O–H groups in total. The minimum Gasteiger partial charge on any atom is -0.457 e. The van der Waals surface area contributed by atoms with Crippen molar-refractivity contribution in [3.63, 3.8) is 0 Å². The molecule has 0 aromatic heterocycles. The molecular formula is C45H30O2. The molecule has 0 fully saturated rings. The fourth-order valence-corrected chi connectivity index (χ4v) is 6.86. The minimum absolute atomic E-state index is 0.175. The van der Waals surface area contributed by atoms with Crippen LogP contribution in [0.2, 0.25) is 0 Å². The number of fused-ring (bicyclic) bond motifs is 7. The SMILES string of the molecule is c1ccc(-c2ccc(-c3ccc4c5c(ccc4c3)OCOc3ccc4cc(-c6ccc(-c7ccccc7)cc6)ccc4c3-5)cc2)cc1. The number of ether oxygens (including phenoxy) is 2. The molecular weight excluding hydrogens is 572 g/mol. The molecule has 0 aliphatic carbocycles. The molecule has 2 nitrogen and oxygen atoms in total. The first kappa shape index (κ1) is 27.2. The van der Waals surface area contributed by atoms with Gasteiger partial charge in [0.15, 0.2) is 0 Å². The topological polar surface area (TPSA) is 18.5 Å². The molecule has 1 aliphatic rings. The summed E-state index contributed by atoms with van der Waals surface area (Å²) in [7, 11) is 0. The van der Waals surface area contributed by atoms with Gasteiger partial charge in [-0.25, -0.2) is 0 Å². The van der Waals surface area contributed by atoms with Crippen molar-refractivity contribution >= 4 is 21.5 Å². The van der Waals surface area contributed by atoms with Crippen molar-refractivity contribution in [3.8, 4) is 67.1 Å². The molecule has 8 aromatic carbocycles. The van der Waals surface area contributed by atoms with E-state index in [1.807, 2.05) is 0 Å². The molecule has 0 atom stereocenters. The summed E-state index contributed by atoms with van der Waals surface area (Å²) in [6.07, 6.45) is 0. The Bertz CT molecular complexity index is 2220. The second-order valence-electron chi connectivity index (χ2n) is 12.0. The first-order chi connectivity index (χ1) is 23.3. The molecule has 0 spiro atoms. The van der Waals surface area contributed by atoms with Gasteiger partial charge in [-0.05, 0) is 90.3 Å². The second kappa shape index (κ2) is 11.3. The van der Waals surface area contributed by atoms with Crippen molar-refractivity contribution in [3.05, 3.63) is 170 Å². The van der Waals surface area contributed by atoms with Crippen LogP contribution in [-0.2, 0) is 0 Å². The Morgan fingerprint density at radius 2 is 0.638 bits per heavy atom. The highest BCUT2D eigenvalue weighted by Gasteiger charge is 2.22. The molecule has 47 heavy (non-hydrogen) atoms. The third kappa shape index (κ3) is 4.92. The third-order valence-electron chi connectivity index (χ3n) is 9.29. The van der Waals surface area contributed by atoms with E-state index in [9.17, 15) is 0 Å². The van der Waals surface area contributed by atoms with Crippen molar-refractivity contribution in [2.45, 2.75) is 0 Å². The first-order valence-corrected chi connectivity index (χ1v) is 16.0. The van der Waals surface area contributed by atoms with Crippen molar-refractivity contribution < 1.29 is 9.47 Å². The second-order valence-corrected chi connectivity index (χ2v) is 12.0. The predicted molar refractivity (Wildman–Crippen MR) is 195 cm³/mol. The number of hydrogen-bond acceptors (Lipinski definition) is 2. The van der Waals surface area contributed by atoms with Crippen LogP contribution in [0, 0.1) is 0 Å². The maximum Gasteiger partial charge on any atom is 0.230 e. The van der Waals surface area contributed by atoms with Crippen LogP contribution in [0.3, 0.4) is 0 Å². The van der Waals surface area contributed by atoms with Crippen LogP contribution in [0.25, 0.3) is 77.2 Å². The minimum atomic E-state index is 0.175. The van der Waals surface area contributed by atoms with E-state index in [2.05, 4.69) is 170 Å². The lowest BCUT2D eigenvalue weighted by Crippen LogP contribution is -2.03. The van der Waals surface area contributed by atoms with Gasteiger partial charge in [-0.2, -0.15) is 0 Å². The number of benzene rings is 8. The summed E-state index contributed by atoms with van der Waals surface area (Å²) in [6, 6.07) is 60.6. The van der Waals surface area contributed by atoms with E-state index in [1.165, 1.54) is 44.5 Å². The molecule has 1 heterocycles. The smallest absolute Gasteiger partial charge is 0.230 e. The van der Waals surface area contributed by atoms with Crippen LogP contribution in [0.1, 0.15) is 0 Å². The van der Waals surface area contributed by atoms with E-state index in [0.717, 1.165) is 44.2 Å². The van der Waals surface area contributed by atoms with E-state index >= 15 is 0 Å². The summed E-state index contributed by atoms with van der Waals surface area (Å²) in [5, 5.41) is 4.62. The van der Waals surface area contributed by atoms with Crippen molar-refractivity contribution in [1.82, 2.24) is 0 Å².